The molecule has 0 spiro atoms. The number of hydrogen-bond donors (Lipinski definition) is 1. The van der Waals surface area contributed by atoms with Gasteiger partial charge < -0.3 is 5.32 Å². The molecule has 0 saturated carbocycles. The lowest BCUT2D eigenvalue weighted by Gasteiger charge is -2.11. The van der Waals surface area contributed by atoms with Crippen molar-refractivity contribution < 1.29 is 9.18 Å². The van der Waals surface area contributed by atoms with Gasteiger partial charge in [-0.15, -0.1) is 0 Å². The molecular weight excluding hydrogens is 193 g/mol. The van der Waals surface area contributed by atoms with Gasteiger partial charge in [0.25, 0.3) is 5.91 Å². The average Bonchev–Trinajstić information content (AvgIpc) is 2.13. The molecule has 1 aromatic rings. The van der Waals surface area contributed by atoms with E-state index in [1.165, 1.54) is 6.07 Å². The van der Waals surface area contributed by atoms with Gasteiger partial charge in [0.15, 0.2) is 0 Å². The van der Waals surface area contributed by atoms with Crippen LogP contribution in [-0.4, -0.2) is 11.9 Å². The summed E-state index contributed by atoms with van der Waals surface area (Å²) in [4.78, 5) is 11.6. The number of aryl methyl sites for hydroxylation is 1. The van der Waals surface area contributed by atoms with Crippen LogP contribution in [0.2, 0.25) is 0 Å². The molecule has 0 unspecified atom stereocenters. The SMILES string of the molecule is Cc1ccc(C(=O)NC(C)C)c(F)c1C. The highest BCUT2D eigenvalue weighted by molar-refractivity contribution is 5.94. The van der Waals surface area contributed by atoms with Crippen LogP contribution in [0, 0.1) is 19.7 Å². The fourth-order valence-electron chi connectivity index (χ4n) is 1.30. The molecule has 0 heterocycles. The van der Waals surface area contributed by atoms with Gasteiger partial charge in [0.1, 0.15) is 5.82 Å². The zero-order chi connectivity index (χ0) is 11.6. The number of rotatable bonds is 2. The topological polar surface area (TPSA) is 29.1 Å². The fraction of sp³-hybridized carbons (Fsp3) is 0.417. The molecule has 0 fully saturated rings. The lowest BCUT2D eigenvalue weighted by atomic mass is 10.0. The number of carbonyl (C=O) groups excluding carboxylic acids is 1. The molecule has 82 valence electrons. The smallest absolute Gasteiger partial charge is 0.254 e. The predicted molar refractivity (Wildman–Crippen MR) is 58.5 cm³/mol. The van der Waals surface area contributed by atoms with E-state index in [4.69, 9.17) is 0 Å². The Bertz CT molecular complexity index is 385. The van der Waals surface area contributed by atoms with Gasteiger partial charge in [0.2, 0.25) is 0 Å². The molecule has 0 aromatic heterocycles. The fourth-order valence-corrected chi connectivity index (χ4v) is 1.30. The Hall–Kier alpha value is -1.38. The van der Waals surface area contributed by atoms with Crippen LogP contribution < -0.4 is 5.32 Å². The first-order valence-electron chi connectivity index (χ1n) is 5.00. The maximum absolute atomic E-state index is 13.7. The zero-order valence-electron chi connectivity index (χ0n) is 9.52. The Morgan fingerprint density at radius 1 is 1.33 bits per heavy atom. The summed E-state index contributed by atoms with van der Waals surface area (Å²) in [6.07, 6.45) is 0. The molecule has 0 aliphatic rings. The van der Waals surface area contributed by atoms with Crippen molar-refractivity contribution in [3.05, 3.63) is 34.6 Å². The monoisotopic (exact) mass is 209 g/mol. The molecule has 0 saturated heterocycles. The quantitative estimate of drug-likeness (QED) is 0.797. The Morgan fingerprint density at radius 3 is 2.47 bits per heavy atom. The molecule has 1 N–H and O–H groups in total. The van der Waals surface area contributed by atoms with Crippen LogP contribution in [0.4, 0.5) is 4.39 Å². The Morgan fingerprint density at radius 2 is 1.93 bits per heavy atom. The van der Waals surface area contributed by atoms with Gasteiger partial charge >= 0.3 is 0 Å². The summed E-state index contributed by atoms with van der Waals surface area (Å²) in [6.45, 7) is 7.19. The van der Waals surface area contributed by atoms with E-state index in [1.807, 2.05) is 20.8 Å². The molecule has 0 radical (unpaired) electrons. The third-order valence-corrected chi connectivity index (χ3v) is 2.32. The van der Waals surface area contributed by atoms with E-state index in [0.717, 1.165) is 5.56 Å². The Kier molecular flexibility index (Phi) is 3.45. The molecular formula is C12H16FNO. The summed E-state index contributed by atoms with van der Waals surface area (Å²) < 4.78 is 13.7. The van der Waals surface area contributed by atoms with Crippen molar-refractivity contribution in [3.63, 3.8) is 0 Å². The largest absolute Gasteiger partial charge is 0.350 e. The van der Waals surface area contributed by atoms with Gasteiger partial charge in [0, 0.05) is 6.04 Å². The maximum atomic E-state index is 13.7. The normalized spacial score (nSPS) is 10.5. The lowest BCUT2D eigenvalue weighted by Crippen LogP contribution is -2.30. The minimum Gasteiger partial charge on any atom is -0.350 e. The average molecular weight is 209 g/mol. The highest BCUT2D eigenvalue weighted by Gasteiger charge is 2.14. The van der Waals surface area contributed by atoms with Gasteiger partial charge in [-0.3, -0.25) is 4.79 Å². The van der Waals surface area contributed by atoms with Crippen molar-refractivity contribution in [2.75, 3.05) is 0 Å². The van der Waals surface area contributed by atoms with Crippen LogP contribution in [0.3, 0.4) is 0 Å². The molecule has 1 amide bonds. The van der Waals surface area contributed by atoms with Gasteiger partial charge in [-0.05, 0) is 44.9 Å². The molecule has 0 atom stereocenters. The van der Waals surface area contributed by atoms with Crippen molar-refractivity contribution in [1.29, 1.82) is 0 Å². The Labute approximate surface area is 89.5 Å². The summed E-state index contributed by atoms with van der Waals surface area (Å²) in [5, 5.41) is 2.67. The summed E-state index contributed by atoms with van der Waals surface area (Å²) >= 11 is 0. The van der Waals surface area contributed by atoms with Crippen LogP contribution in [0.15, 0.2) is 12.1 Å². The first-order valence-corrected chi connectivity index (χ1v) is 5.00. The van der Waals surface area contributed by atoms with Gasteiger partial charge in [-0.1, -0.05) is 6.07 Å². The van der Waals surface area contributed by atoms with E-state index in [0.29, 0.717) is 5.56 Å². The Balaban J connectivity index is 3.06. The molecule has 0 bridgehead atoms. The van der Waals surface area contributed by atoms with E-state index >= 15 is 0 Å². The number of hydrogen-bond acceptors (Lipinski definition) is 1. The minimum absolute atomic E-state index is 0.0125. The molecule has 15 heavy (non-hydrogen) atoms. The highest BCUT2D eigenvalue weighted by atomic mass is 19.1. The zero-order valence-corrected chi connectivity index (χ0v) is 9.52. The van der Waals surface area contributed by atoms with Crippen LogP contribution >= 0.6 is 0 Å². The van der Waals surface area contributed by atoms with Crippen molar-refractivity contribution in [3.8, 4) is 0 Å². The lowest BCUT2D eigenvalue weighted by molar-refractivity contribution is 0.0939. The maximum Gasteiger partial charge on any atom is 0.254 e. The van der Waals surface area contributed by atoms with Crippen molar-refractivity contribution in [1.82, 2.24) is 5.32 Å². The number of carbonyl (C=O) groups is 1. The standard InChI is InChI=1S/C12H16FNO/c1-7(2)14-12(15)10-6-5-8(3)9(4)11(10)13/h5-7H,1-4H3,(H,14,15). The first kappa shape index (κ1) is 11.7. The van der Waals surface area contributed by atoms with Crippen molar-refractivity contribution in [2.24, 2.45) is 0 Å². The summed E-state index contributed by atoms with van der Waals surface area (Å²) in [7, 11) is 0. The summed E-state index contributed by atoms with van der Waals surface area (Å²) in [6, 6.07) is 3.29. The van der Waals surface area contributed by atoms with Crippen LogP contribution in [-0.2, 0) is 0 Å². The van der Waals surface area contributed by atoms with Crippen LogP contribution in [0.1, 0.15) is 35.3 Å². The summed E-state index contributed by atoms with van der Waals surface area (Å²) in [5.74, 6) is -0.779. The van der Waals surface area contributed by atoms with Crippen molar-refractivity contribution in [2.45, 2.75) is 33.7 Å². The van der Waals surface area contributed by atoms with Crippen LogP contribution in [0.5, 0.6) is 0 Å². The highest BCUT2D eigenvalue weighted by Crippen LogP contribution is 2.16. The number of halogens is 1. The number of benzene rings is 1. The molecule has 1 rings (SSSR count). The second kappa shape index (κ2) is 4.43. The second-order valence-electron chi connectivity index (χ2n) is 4.00. The van der Waals surface area contributed by atoms with E-state index in [-0.39, 0.29) is 17.5 Å². The summed E-state index contributed by atoms with van der Waals surface area (Å²) in [5.41, 5.74) is 1.51. The van der Waals surface area contributed by atoms with Gasteiger partial charge in [0.05, 0.1) is 5.56 Å². The van der Waals surface area contributed by atoms with Crippen molar-refractivity contribution >= 4 is 5.91 Å². The second-order valence-corrected chi connectivity index (χ2v) is 4.00. The molecule has 1 aromatic carbocycles. The van der Waals surface area contributed by atoms with E-state index in [2.05, 4.69) is 5.32 Å². The predicted octanol–water partition coefficient (Wildman–Crippen LogP) is 2.58. The molecule has 3 heteroatoms. The minimum atomic E-state index is -0.423. The molecule has 0 aliphatic carbocycles. The molecule has 2 nitrogen and oxygen atoms in total. The molecule has 0 aliphatic heterocycles. The number of amides is 1. The third kappa shape index (κ3) is 2.55. The van der Waals surface area contributed by atoms with Gasteiger partial charge in [-0.2, -0.15) is 0 Å². The number of nitrogens with one attached hydrogen (secondary N) is 1. The van der Waals surface area contributed by atoms with E-state index < -0.39 is 5.82 Å². The van der Waals surface area contributed by atoms with Gasteiger partial charge in [-0.25, -0.2) is 4.39 Å². The van der Waals surface area contributed by atoms with Crippen LogP contribution in [0.25, 0.3) is 0 Å². The van der Waals surface area contributed by atoms with E-state index in [1.54, 1.807) is 13.0 Å². The van der Waals surface area contributed by atoms with E-state index in [9.17, 15) is 9.18 Å². The first-order chi connectivity index (χ1) is 6.93. The third-order valence-electron chi connectivity index (χ3n) is 2.32.